The quantitative estimate of drug-likeness (QED) is 0.171. The molecule has 8 rings (SSSR count). The molecule has 0 bridgehead atoms. The third kappa shape index (κ3) is 5.04. The Balaban J connectivity index is 0.00000338. The summed E-state index contributed by atoms with van der Waals surface area (Å²) in [5, 5.41) is 0. The van der Waals surface area contributed by atoms with Crippen LogP contribution in [0.3, 0.4) is 0 Å². The first kappa shape index (κ1) is 30.4. The molecule has 7 heteroatoms. The summed E-state index contributed by atoms with van der Waals surface area (Å²) in [6.45, 7) is 11.2. The van der Waals surface area contributed by atoms with Gasteiger partial charge in [0.05, 0.1) is 0 Å². The summed E-state index contributed by atoms with van der Waals surface area (Å²) in [4.78, 5) is 16.5. The van der Waals surface area contributed by atoms with Crippen LogP contribution in [0, 0.1) is 12.1 Å². The average Bonchev–Trinajstić information content (AvgIpc) is 3.60. The molecular weight excluding hydrogens is 752 g/mol. The first-order valence-corrected chi connectivity index (χ1v) is 15.5. The smallest absolute Gasteiger partial charge is 0.526 e. The van der Waals surface area contributed by atoms with E-state index in [0.29, 0.717) is 23.1 Å². The summed E-state index contributed by atoms with van der Waals surface area (Å²) >= 11 is 0. The van der Waals surface area contributed by atoms with Gasteiger partial charge in [-0.25, -0.2) is 4.98 Å². The number of aromatic nitrogens is 2. The van der Waals surface area contributed by atoms with Crippen LogP contribution in [-0.2, 0) is 43.1 Å². The van der Waals surface area contributed by atoms with Crippen LogP contribution in [0.15, 0.2) is 96.2 Å². The summed E-state index contributed by atoms with van der Waals surface area (Å²) < 4.78 is 12.7. The molecule has 3 aromatic carbocycles. The Bertz CT molecular complexity index is 2000. The molecule has 5 aromatic rings. The van der Waals surface area contributed by atoms with E-state index in [1.165, 1.54) is 22.3 Å². The van der Waals surface area contributed by atoms with E-state index in [1.54, 1.807) is 12.3 Å². The van der Waals surface area contributed by atoms with Gasteiger partial charge in [0.1, 0.15) is 23.9 Å². The van der Waals surface area contributed by atoms with Gasteiger partial charge >= 0.3 is 21.1 Å². The Labute approximate surface area is 284 Å². The van der Waals surface area contributed by atoms with E-state index >= 15 is 0 Å². The third-order valence-electron chi connectivity index (χ3n) is 9.21. The summed E-state index contributed by atoms with van der Waals surface area (Å²) in [6, 6.07) is 34.0. The standard InChI is InChI=1S/C39H34N4O2.Pt/c1-38(2,3)25-16-18-41-35(21-25)43-32-13-9-8-12-29(32)39(4,5)30-15-14-26(23-33(30)43)44-27-17-19-40-31(22-27)37-42-36-28-11-7-6-10-24(28)20-34(36)45-37;/h6-19,21,34,36H,20H2,1-5H3;/q-2;+2/t34-,36+;/m0./s1. The largest absolute Gasteiger partial charge is 2.00 e. The molecule has 3 aliphatic rings. The zero-order valence-electron chi connectivity index (χ0n) is 26.4. The van der Waals surface area contributed by atoms with Crippen LogP contribution in [0.1, 0.15) is 74.2 Å². The van der Waals surface area contributed by atoms with Crippen molar-refractivity contribution in [2.24, 2.45) is 4.99 Å². The number of pyridine rings is 2. The van der Waals surface area contributed by atoms with Gasteiger partial charge in [0, 0.05) is 35.5 Å². The van der Waals surface area contributed by atoms with Crippen LogP contribution in [0.2, 0.25) is 0 Å². The van der Waals surface area contributed by atoms with Crippen molar-refractivity contribution in [3.63, 3.8) is 0 Å². The van der Waals surface area contributed by atoms with Crippen molar-refractivity contribution >= 4 is 23.1 Å². The van der Waals surface area contributed by atoms with Crippen molar-refractivity contribution in [1.29, 1.82) is 0 Å². The van der Waals surface area contributed by atoms with E-state index in [9.17, 15) is 0 Å². The maximum Gasteiger partial charge on any atom is 2.00 e. The summed E-state index contributed by atoms with van der Waals surface area (Å²) in [7, 11) is 0. The van der Waals surface area contributed by atoms with Gasteiger partial charge in [0.15, 0.2) is 0 Å². The monoisotopic (exact) mass is 785 g/mol. The molecule has 2 aliphatic heterocycles. The fraction of sp³-hybridized carbons (Fsp3) is 0.256. The molecule has 0 radical (unpaired) electrons. The molecule has 4 heterocycles. The first-order valence-electron chi connectivity index (χ1n) is 15.5. The van der Waals surface area contributed by atoms with Crippen molar-refractivity contribution < 1.29 is 30.5 Å². The minimum atomic E-state index is -0.246. The van der Waals surface area contributed by atoms with Crippen molar-refractivity contribution in [3.05, 3.63) is 137 Å². The molecule has 0 fully saturated rings. The zero-order chi connectivity index (χ0) is 30.9. The van der Waals surface area contributed by atoms with Crippen LogP contribution < -0.4 is 9.64 Å². The molecular formula is C39H34N4O2Pt. The molecule has 1 aliphatic carbocycles. The molecule has 232 valence electrons. The van der Waals surface area contributed by atoms with E-state index < -0.39 is 0 Å². The minimum absolute atomic E-state index is 0. The predicted octanol–water partition coefficient (Wildman–Crippen LogP) is 8.72. The second-order valence-corrected chi connectivity index (χ2v) is 13.5. The number of ether oxygens (including phenoxy) is 2. The Morgan fingerprint density at radius 2 is 1.63 bits per heavy atom. The number of para-hydroxylation sites is 1. The topological polar surface area (TPSA) is 59.8 Å². The number of hydrogen-bond donors (Lipinski definition) is 0. The molecule has 0 amide bonds. The number of hydrogen-bond acceptors (Lipinski definition) is 6. The molecule has 0 saturated carbocycles. The molecule has 46 heavy (non-hydrogen) atoms. The van der Waals surface area contributed by atoms with Gasteiger partial charge in [-0.1, -0.05) is 88.8 Å². The average molecular weight is 786 g/mol. The molecule has 6 nitrogen and oxygen atoms in total. The SMILES string of the molecule is CC(C)(C)c1ccnc(N2c3[c-]c(Oc4[c-]c(C5=N[C@@H]6c7ccccc7C[C@@H]6O5)ncc4)ccc3C(C)(C)c3ccccc32)c1.[Pt+2]. The fourth-order valence-electron chi connectivity index (χ4n) is 6.78. The van der Waals surface area contributed by atoms with Gasteiger partial charge in [0.2, 0.25) is 0 Å². The molecule has 0 unspecified atom stereocenters. The van der Waals surface area contributed by atoms with Gasteiger partial charge in [0.25, 0.3) is 0 Å². The maximum absolute atomic E-state index is 6.40. The molecule has 0 saturated heterocycles. The second-order valence-electron chi connectivity index (χ2n) is 13.5. The van der Waals surface area contributed by atoms with Gasteiger partial charge in [-0.2, -0.15) is 6.07 Å². The van der Waals surface area contributed by atoms with E-state index in [4.69, 9.17) is 19.5 Å². The second kappa shape index (κ2) is 11.2. The van der Waals surface area contributed by atoms with E-state index in [-0.39, 0.29) is 44.0 Å². The summed E-state index contributed by atoms with van der Waals surface area (Å²) in [5.41, 5.74) is 8.40. The van der Waals surface area contributed by atoms with Gasteiger partial charge in [-0.15, -0.1) is 23.8 Å². The zero-order valence-corrected chi connectivity index (χ0v) is 28.7. The minimum Gasteiger partial charge on any atom is -0.526 e. The number of rotatable bonds is 4. The maximum atomic E-state index is 6.40. The van der Waals surface area contributed by atoms with Crippen molar-refractivity contribution in [2.75, 3.05) is 4.90 Å². The Hall–Kier alpha value is -4.28. The third-order valence-corrected chi connectivity index (χ3v) is 9.21. The molecule has 0 N–H and O–H groups in total. The van der Waals surface area contributed by atoms with E-state index in [1.807, 2.05) is 12.3 Å². The fourth-order valence-corrected chi connectivity index (χ4v) is 6.78. The molecule has 0 spiro atoms. The number of anilines is 3. The normalized spacial score (nSPS) is 18.7. The Morgan fingerprint density at radius 3 is 2.48 bits per heavy atom. The van der Waals surface area contributed by atoms with Crippen molar-refractivity contribution in [3.8, 4) is 11.5 Å². The molecule has 2 atom stereocenters. The number of aliphatic imine (C=N–C) groups is 1. The number of nitrogens with zero attached hydrogens (tertiary/aromatic N) is 4. The summed E-state index contributed by atoms with van der Waals surface area (Å²) in [6.07, 6.45) is 4.44. The van der Waals surface area contributed by atoms with E-state index in [0.717, 1.165) is 29.2 Å². The van der Waals surface area contributed by atoms with Crippen LogP contribution in [-0.4, -0.2) is 22.0 Å². The van der Waals surface area contributed by atoms with Crippen molar-refractivity contribution in [2.45, 2.75) is 64.0 Å². The van der Waals surface area contributed by atoms with Gasteiger partial charge in [-0.3, -0.25) is 4.98 Å². The van der Waals surface area contributed by atoms with Crippen LogP contribution in [0.25, 0.3) is 0 Å². The van der Waals surface area contributed by atoms with E-state index in [2.05, 4.69) is 123 Å². The number of fused-ring (bicyclic) bond motifs is 5. The Kier molecular flexibility index (Phi) is 7.40. The summed E-state index contributed by atoms with van der Waals surface area (Å²) in [5.74, 6) is 2.46. The molecule has 2 aromatic heterocycles. The predicted molar refractivity (Wildman–Crippen MR) is 176 cm³/mol. The van der Waals surface area contributed by atoms with Crippen LogP contribution >= 0.6 is 0 Å². The van der Waals surface area contributed by atoms with Crippen LogP contribution in [0.5, 0.6) is 11.5 Å². The van der Waals surface area contributed by atoms with Gasteiger partial charge in [-0.05, 0) is 57.5 Å². The first-order chi connectivity index (χ1) is 21.7. The van der Waals surface area contributed by atoms with Crippen molar-refractivity contribution in [1.82, 2.24) is 9.97 Å². The number of benzene rings is 3. The van der Waals surface area contributed by atoms with Gasteiger partial charge < -0.3 is 19.4 Å². The Morgan fingerprint density at radius 1 is 0.870 bits per heavy atom. The van der Waals surface area contributed by atoms with Crippen LogP contribution in [0.4, 0.5) is 17.2 Å².